The molecule has 1 fully saturated rings. The molecule has 0 spiro atoms. The number of nitrogens with one attached hydrogen (secondary N) is 2. The molecule has 14 heteroatoms. The van der Waals surface area contributed by atoms with Gasteiger partial charge in [-0.2, -0.15) is 4.98 Å². The number of hydrogen-bond acceptors (Lipinski definition) is 11. The number of aromatic nitrogens is 4. The van der Waals surface area contributed by atoms with E-state index in [1.54, 1.807) is 13.8 Å². The van der Waals surface area contributed by atoms with Crippen molar-refractivity contribution in [2.45, 2.75) is 44.8 Å². The highest BCUT2D eigenvalue weighted by Gasteiger charge is 2.37. The van der Waals surface area contributed by atoms with E-state index in [-0.39, 0.29) is 42.8 Å². The molecule has 1 saturated heterocycles. The highest BCUT2D eigenvalue weighted by atomic mass is 31.2. The molecule has 0 radical (unpaired) electrons. The number of rotatable bonds is 10. The van der Waals surface area contributed by atoms with Crippen molar-refractivity contribution in [2.24, 2.45) is 0 Å². The number of aromatic amines is 1. The number of ether oxygens (including phenoxy) is 2. The maximum atomic E-state index is 12.2. The van der Waals surface area contributed by atoms with Crippen LogP contribution in [0.5, 0.6) is 5.75 Å². The minimum Gasteiger partial charge on any atom is -0.462 e. The average molecular weight is 557 g/mol. The predicted octanol–water partition coefficient (Wildman–Crippen LogP) is 2.37. The Hall–Kier alpha value is -3.61. The van der Waals surface area contributed by atoms with Crippen LogP contribution in [0, 0.1) is 0 Å². The topological polar surface area (TPSA) is 176 Å². The lowest BCUT2D eigenvalue weighted by Gasteiger charge is -2.21. The molecule has 5 rings (SSSR count). The largest absolute Gasteiger partial charge is 0.462 e. The van der Waals surface area contributed by atoms with Gasteiger partial charge in [-0.25, -0.2) is 10.1 Å². The van der Waals surface area contributed by atoms with E-state index < -0.39 is 38.5 Å². The van der Waals surface area contributed by atoms with Crippen LogP contribution in [-0.2, 0) is 18.8 Å². The normalized spacial score (nSPS) is 20.1. The number of aliphatic hydroxyl groups excluding tert-OH is 1. The molecule has 13 nitrogen and oxygen atoms in total. The third-order valence-corrected chi connectivity index (χ3v) is 7.08. The van der Waals surface area contributed by atoms with Gasteiger partial charge < -0.3 is 29.4 Å². The second kappa shape index (κ2) is 11.6. The summed E-state index contributed by atoms with van der Waals surface area (Å²) in [4.78, 5) is 34.9. The second-order valence-corrected chi connectivity index (χ2v) is 10.5. The summed E-state index contributed by atoms with van der Waals surface area (Å²) in [6, 6.07) is 13.4. The molecule has 5 N–H and O–H groups in total. The van der Waals surface area contributed by atoms with E-state index >= 15 is 0 Å². The van der Waals surface area contributed by atoms with Crippen molar-refractivity contribution in [2.75, 3.05) is 18.9 Å². The van der Waals surface area contributed by atoms with Gasteiger partial charge in [0.1, 0.15) is 18.4 Å². The fourth-order valence-electron chi connectivity index (χ4n) is 4.27. The summed E-state index contributed by atoms with van der Waals surface area (Å²) in [6.07, 6.45) is -0.922. The minimum atomic E-state index is -1.80. The lowest BCUT2D eigenvalue weighted by Crippen LogP contribution is -2.26. The van der Waals surface area contributed by atoms with Crippen molar-refractivity contribution in [3.05, 3.63) is 59.1 Å². The third-order valence-electron chi connectivity index (χ3n) is 5.92. The van der Waals surface area contributed by atoms with Crippen molar-refractivity contribution in [1.29, 1.82) is 0 Å². The van der Waals surface area contributed by atoms with Gasteiger partial charge in [0.15, 0.2) is 17.4 Å². The first kappa shape index (κ1) is 27.0. The number of nitrogens with two attached hydrogens (primary N) is 1. The van der Waals surface area contributed by atoms with Crippen molar-refractivity contribution in [3.8, 4) is 5.75 Å². The number of H-pyrrole nitrogens is 1. The van der Waals surface area contributed by atoms with Gasteiger partial charge in [-0.1, -0.05) is 36.4 Å². The van der Waals surface area contributed by atoms with Gasteiger partial charge >= 0.3 is 14.5 Å². The van der Waals surface area contributed by atoms with Crippen LogP contribution in [0.2, 0.25) is 0 Å². The molecule has 206 valence electrons. The first-order chi connectivity index (χ1) is 18.8. The van der Waals surface area contributed by atoms with Gasteiger partial charge in [-0.05, 0) is 25.3 Å². The molecule has 4 atom stereocenters. The van der Waals surface area contributed by atoms with Crippen LogP contribution in [-0.4, -0.2) is 62.1 Å². The van der Waals surface area contributed by atoms with Gasteiger partial charge in [0.25, 0.3) is 5.56 Å². The number of carbonyl (C=O) groups excluding carboxylic acids is 1. The molecule has 4 unspecified atom stereocenters. The summed E-state index contributed by atoms with van der Waals surface area (Å²) in [5, 5.41) is 15.6. The van der Waals surface area contributed by atoms with Gasteiger partial charge in [-0.3, -0.25) is 19.1 Å². The van der Waals surface area contributed by atoms with Crippen LogP contribution < -0.4 is 20.9 Å². The van der Waals surface area contributed by atoms with Crippen molar-refractivity contribution >= 4 is 42.4 Å². The molecule has 39 heavy (non-hydrogen) atoms. The smallest absolute Gasteiger partial charge is 0.320 e. The first-order valence-corrected chi connectivity index (χ1v) is 13.5. The summed E-state index contributed by atoms with van der Waals surface area (Å²) >= 11 is 0. The molecule has 2 aromatic heterocycles. The standard InChI is InChI=1S/C25H29N6O7P/c1-14(2)36-20(33)11-28-39(38-19-9-5-7-15-6-3-4-8-17(15)19)35-12-16-10-18(32)24(37-16)31-13-27-21-22(31)29-25(26)30-23(21)34/h3-9,13-14,16,18,24,28,32H,10-12H2,1-2H3,(H3,26,29,30,34). The van der Waals surface area contributed by atoms with Crippen molar-refractivity contribution in [3.63, 3.8) is 0 Å². The zero-order valence-electron chi connectivity index (χ0n) is 21.3. The average Bonchev–Trinajstić information content (AvgIpc) is 3.48. The molecule has 0 saturated carbocycles. The molecule has 4 aromatic rings. The van der Waals surface area contributed by atoms with E-state index in [9.17, 15) is 14.7 Å². The summed E-state index contributed by atoms with van der Waals surface area (Å²) in [7, 11) is -1.80. The molecule has 0 amide bonds. The van der Waals surface area contributed by atoms with Crippen LogP contribution >= 0.6 is 8.53 Å². The summed E-state index contributed by atoms with van der Waals surface area (Å²) in [5.74, 6) is 0.0804. The number of nitrogen functional groups attached to an aromatic ring is 1. The van der Waals surface area contributed by atoms with Crippen molar-refractivity contribution in [1.82, 2.24) is 24.6 Å². The maximum absolute atomic E-state index is 12.2. The highest BCUT2D eigenvalue weighted by molar-refractivity contribution is 7.45. The highest BCUT2D eigenvalue weighted by Crippen LogP contribution is 2.40. The minimum absolute atomic E-state index is 0.0546. The Labute approximate surface area is 224 Å². The number of esters is 1. The van der Waals surface area contributed by atoms with E-state index in [0.29, 0.717) is 5.75 Å². The number of aliphatic hydroxyl groups is 1. The number of benzene rings is 2. The fourth-order valence-corrected chi connectivity index (χ4v) is 5.38. The SMILES string of the molecule is CC(C)OC(=O)CNP(OCC1CC(O)C(n2cnc3c(=O)[nH]c(N)nc32)O1)Oc1cccc2ccccc12. The molecule has 3 heterocycles. The number of imidazole rings is 1. The van der Waals surface area contributed by atoms with E-state index in [2.05, 4.69) is 20.0 Å². The molecular weight excluding hydrogens is 527 g/mol. The molecular formula is C25H29N6O7P. The number of nitrogens with zero attached hydrogens (tertiary/aromatic N) is 3. The van der Waals surface area contributed by atoms with Gasteiger partial charge in [0.05, 0.1) is 25.1 Å². The lowest BCUT2D eigenvalue weighted by molar-refractivity contribution is -0.145. The van der Waals surface area contributed by atoms with Crippen LogP contribution in [0.25, 0.3) is 21.9 Å². The zero-order valence-corrected chi connectivity index (χ0v) is 22.2. The fraction of sp³-hybridized carbons (Fsp3) is 0.360. The summed E-state index contributed by atoms with van der Waals surface area (Å²) < 4.78 is 25.0. The quantitative estimate of drug-likeness (QED) is 0.167. The molecule has 2 aromatic carbocycles. The lowest BCUT2D eigenvalue weighted by atomic mass is 10.1. The van der Waals surface area contributed by atoms with E-state index in [0.717, 1.165) is 10.8 Å². The number of fused-ring (bicyclic) bond motifs is 2. The Morgan fingerprint density at radius 2 is 2.10 bits per heavy atom. The summed E-state index contributed by atoms with van der Waals surface area (Å²) in [6.45, 7) is 3.48. The Balaban J connectivity index is 1.29. The van der Waals surface area contributed by atoms with Crippen LogP contribution in [0.1, 0.15) is 26.5 Å². The summed E-state index contributed by atoms with van der Waals surface area (Å²) in [5.41, 5.74) is 5.49. The number of hydrogen-bond donors (Lipinski definition) is 4. The van der Waals surface area contributed by atoms with Crippen LogP contribution in [0.3, 0.4) is 0 Å². The van der Waals surface area contributed by atoms with Gasteiger partial charge in [-0.15, -0.1) is 0 Å². The molecule has 0 aliphatic carbocycles. The van der Waals surface area contributed by atoms with E-state index in [4.69, 9.17) is 24.3 Å². The number of carbonyl (C=O) groups is 1. The van der Waals surface area contributed by atoms with Crippen LogP contribution in [0.15, 0.2) is 53.6 Å². The third kappa shape index (κ3) is 6.18. The predicted molar refractivity (Wildman–Crippen MR) is 144 cm³/mol. The van der Waals surface area contributed by atoms with Gasteiger partial charge in [0, 0.05) is 11.8 Å². The van der Waals surface area contributed by atoms with Crippen molar-refractivity contribution < 1.29 is 28.4 Å². The Bertz CT molecular complexity index is 1520. The van der Waals surface area contributed by atoms with Crippen LogP contribution in [0.4, 0.5) is 5.95 Å². The molecule has 1 aliphatic rings. The zero-order chi connectivity index (χ0) is 27.5. The maximum Gasteiger partial charge on any atom is 0.320 e. The Morgan fingerprint density at radius 1 is 1.31 bits per heavy atom. The molecule has 0 bridgehead atoms. The Morgan fingerprint density at radius 3 is 2.92 bits per heavy atom. The number of anilines is 1. The first-order valence-electron chi connectivity index (χ1n) is 12.4. The second-order valence-electron chi connectivity index (χ2n) is 9.22. The van der Waals surface area contributed by atoms with E-state index in [1.165, 1.54) is 10.9 Å². The van der Waals surface area contributed by atoms with Gasteiger partial charge in [0.2, 0.25) is 5.95 Å². The monoisotopic (exact) mass is 556 g/mol. The molecule has 1 aliphatic heterocycles. The van der Waals surface area contributed by atoms with E-state index in [1.807, 2.05) is 42.5 Å². The Kier molecular flexibility index (Phi) is 8.05.